The van der Waals surface area contributed by atoms with Crippen molar-refractivity contribution in [3.05, 3.63) is 11.2 Å². The molecule has 1 atom stereocenters. The van der Waals surface area contributed by atoms with Gasteiger partial charge in [0.1, 0.15) is 5.00 Å². The molecule has 1 aromatic heterocycles. The van der Waals surface area contributed by atoms with Crippen molar-refractivity contribution < 1.29 is 4.79 Å². The molecule has 3 rings (SSSR count). The van der Waals surface area contributed by atoms with Crippen molar-refractivity contribution in [2.24, 2.45) is 21.6 Å². The molecule has 126 valence electrons. The second kappa shape index (κ2) is 6.67. The second-order valence-corrected chi connectivity index (χ2v) is 8.54. The molecular formula is C17H26N4OS. The van der Waals surface area contributed by atoms with Crippen LogP contribution < -0.4 is 5.32 Å². The molecule has 0 radical (unpaired) electrons. The molecule has 5 nitrogen and oxygen atoms in total. The molecule has 1 amide bonds. The van der Waals surface area contributed by atoms with Gasteiger partial charge in [0.15, 0.2) is 0 Å². The van der Waals surface area contributed by atoms with Crippen LogP contribution in [0.4, 0.5) is 5.00 Å². The van der Waals surface area contributed by atoms with E-state index in [2.05, 4.69) is 34.4 Å². The number of rotatable bonds is 4. The minimum absolute atomic E-state index is 0.0715. The van der Waals surface area contributed by atoms with Gasteiger partial charge in [-0.05, 0) is 31.1 Å². The highest BCUT2D eigenvalue weighted by atomic mass is 32.1. The molecule has 23 heavy (non-hydrogen) atoms. The molecule has 6 heteroatoms. The molecule has 2 fully saturated rings. The monoisotopic (exact) mass is 334 g/mol. The number of thiazole rings is 1. The van der Waals surface area contributed by atoms with Crippen LogP contribution in [0.1, 0.15) is 63.3 Å². The Morgan fingerprint density at radius 1 is 1.39 bits per heavy atom. The van der Waals surface area contributed by atoms with Gasteiger partial charge in [0.05, 0.1) is 17.2 Å². The largest absolute Gasteiger partial charge is 0.316 e. The fourth-order valence-electron chi connectivity index (χ4n) is 3.74. The normalized spacial score (nSPS) is 30.1. The van der Waals surface area contributed by atoms with Crippen LogP contribution in [0.5, 0.6) is 0 Å². The number of nitrogens with zero attached hydrogens (tertiary/aromatic N) is 3. The minimum atomic E-state index is 0.0715. The van der Waals surface area contributed by atoms with E-state index in [1.54, 1.807) is 18.4 Å². The van der Waals surface area contributed by atoms with Crippen LogP contribution >= 0.6 is 11.3 Å². The zero-order chi connectivity index (χ0) is 16.4. The molecule has 0 spiro atoms. The third-order valence-electron chi connectivity index (χ3n) is 5.34. The standard InChI is InChI=1S/C17H26N4OS/c1-17(2)7-5-4-6-13(17)16-19-10-14(23-16)20-15(22)11-8-12(9-11)21-18-3/h10-13H,4-9H2,1-3H3,(H,20,22)/t11?,12?,13-/m1/s1. The van der Waals surface area contributed by atoms with Gasteiger partial charge in [-0.25, -0.2) is 4.98 Å². The number of azo groups is 1. The first-order valence-corrected chi connectivity index (χ1v) is 9.37. The van der Waals surface area contributed by atoms with E-state index in [4.69, 9.17) is 0 Å². The van der Waals surface area contributed by atoms with Crippen LogP contribution in [-0.2, 0) is 4.79 Å². The van der Waals surface area contributed by atoms with Crippen molar-refractivity contribution in [2.75, 3.05) is 12.4 Å². The molecule has 2 aliphatic carbocycles. The summed E-state index contributed by atoms with van der Waals surface area (Å²) in [6.07, 6.45) is 8.51. The lowest BCUT2D eigenvalue weighted by molar-refractivity contribution is -0.122. The van der Waals surface area contributed by atoms with Crippen LogP contribution in [0.25, 0.3) is 0 Å². The first-order chi connectivity index (χ1) is 11.0. The predicted octanol–water partition coefficient (Wildman–Crippen LogP) is 4.63. The van der Waals surface area contributed by atoms with Gasteiger partial charge in [0, 0.05) is 18.9 Å². The molecular weight excluding hydrogens is 308 g/mol. The number of hydrogen-bond acceptors (Lipinski definition) is 5. The Hall–Kier alpha value is -1.30. The van der Waals surface area contributed by atoms with Gasteiger partial charge in [-0.2, -0.15) is 10.2 Å². The molecule has 0 saturated heterocycles. The summed E-state index contributed by atoms with van der Waals surface area (Å²) in [5, 5.41) is 13.0. The minimum Gasteiger partial charge on any atom is -0.316 e. The van der Waals surface area contributed by atoms with Crippen molar-refractivity contribution in [2.45, 2.75) is 64.3 Å². The smallest absolute Gasteiger partial charge is 0.228 e. The van der Waals surface area contributed by atoms with Crippen LogP contribution in [0.3, 0.4) is 0 Å². The van der Waals surface area contributed by atoms with Gasteiger partial charge in [-0.15, -0.1) is 11.3 Å². The van der Waals surface area contributed by atoms with Crippen molar-refractivity contribution in [1.29, 1.82) is 0 Å². The Morgan fingerprint density at radius 2 is 2.17 bits per heavy atom. The maximum Gasteiger partial charge on any atom is 0.228 e. The molecule has 1 aromatic rings. The fourth-order valence-corrected chi connectivity index (χ4v) is 4.91. The van der Waals surface area contributed by atoms with Crippen LogP contribution in [0.2, 0.25) is 0 Å². The maximum atomic E-state index is 12.3. The van der Waals surface area contributed by atoms with Gasteiger partial charge < -0.3 is 5.32 Å². The van der Waals surface area contributed by atoms with Crippen molar-refractivity contribution in [3.63, 3.8) is 0 Å². The first kappa shape index (κ1) is 16.6. The molecule has 2 aliphatic rings. The highest BCUT2D eigenvalue weighted by Crippen LogP contribution is 2.48. The van der Waals surface area contributed by atoms with Crippen LogP contribution in [-0.4, -0.2) is 24.0 Å². The number of nitrogens with one attached hydrogen (secondary N) is 1. The Balaban J connectivity index is 1.58. The molecule has 2 saturated carbocycles. The average molecular weight is 334 g/mol. The summed E-state index contributed by atoms with van der Waals surface area (Å²) in [7, 11) is 1.68. The summed E-state index contributed by atoms with van der Waals surface area (Å²) in [5.74, 6) is 0.692. The lowest BCUT2D eigenvalue weighted by Gasteiger charge is -2.37. The number of carbonyl (C=O) groups is 1. The topological polar surface area (TPSA) is 66.7 Å². The first-order valence-electron chi connectivity index (χ1n) is 8.55. The van der Waals surface area contributed by atoms with Crippen molar-refractivity contribution in [3.8, 4) is 0 Å². The quantitative estimate of drug-likeness (QED) is 0.816. The molecule has 0 aromatic carbocycles. The second-order valence-electron chi connectivity index (χ2n) is 7.48. The van der Waals surface area contributed by atoms with E-state index in [1.807, 2.05) is 6.20 Å². The number of aromatic nitrogens is 1. The van der Waals surface area contributed by atoms with Gasteiger partial charge in [-0.1, -0.05) is 26.7 Å². The van der Waals surface area contributed by atoms with Gasteiger partial charge in [-0.3, -0.25) is 4.79 Å². The van der Waals surface area contributed by atoms with Crippen LogP contribution in [0, 0.1) is 11.3 Å². The Labute approximate surface area is 142 Å². The fraction of sp³-hybridized carbons (Fsp3) is 0.765. The number of anilines is 1. The van der Waals surface area contributed by atoms with Crippen molar-refractivity contribution in [1.82, 2.24) is 4.98 Å². The zero-order valence-electron chi connectivity index (χ0n) is 14.2. The third kappa shape index (κ3) is 3.62. The Kier molecular flexibility index (Phi) is 4.80. The lowest BCUT2D eigenvalue weighted by atomic mass is 9.69. The third-order valence-corrected chi connectivity index (χ3v) is 6.36. The van der Waals surface area contributed by atoms with E-state index >= 15 is 0 Å². The number of carbonyl (C=O) groups excluding carboxylic acids is 1. The lowest BCUT2D eigenvalue weighted by Crippen LogP contribution is -2.36. The highest BCUT2D eigenvalue weighted by molar-refractivity contribution is 7.15. The number of hydrogen-bond donors (Lipinski definition) is 1. The average Bonchev–Trinajstić information content (AvgIpc) is 2.89. The van der Waals surface area contributed by atoms with Crippen LogP contribution in [0.15, 0.2) is 16.4 Å². The zero-order valence-corrected chi connectivity index (χ0v) is 15.0. The Bertz CT molecular complexity index is 589. The maximum absolute atomic E-state index is 12.3. The molecule has 1 heterocycles. The highest BCUT2D eigenvalue weighted by Gasteiger charge is 2.36. The molecule has 0 unspecified atom stereocenters. The summed E-state index contributed by atoms with van der Waals surface area (Å²) in [6, 6.07) is 0.232. The van der Waals surface area contributed by atoms with E-state index in [0.717, 1.165) is 17.8 Å². The summed E-state index contributed by atoms with van der Waals surface area (Å²) in [5.41, 5.74) is 0.309. The van der Waals surface area contributed by atoms with Gasteiger partial charge >= 0.3 is 0 Å². The summed E-state index contributed by atoms with van der Waals surface area (Å²) in [4.78, 5) is 16.9. The SMILES string of the molecule is CN=NC1CC(C(=O)Nc2cnc([C@H]3CCCCC3(C)C)s2)C1. The van der Waals surface area contributed by atoms with Gasteiger partial charge in [0.25, 0.3) is 0 Å². The number of amides is 1. The molecule has 0 aliphatic heterocycles. The predicted molar refractivity (Wildman–Crippen MR) is 93.0 cm³/mol. The Morgan fingerprint density at radius 3 is 2.87 bits per heavy atom. The van der Waals surface area contributed by atoms with E-state index in [0.29, 0.717) is 11.3 Å². The van der Waals surface area contributed by atoms with E-state index < -0.39 is 0 Å². The summed E-state index contributed by atoms with van der Waals surface area (Å²) >= 11 is 1.65. The van der Waals surface area contributed by atoms with E-state index in [1.165, 1.54) is 30.7 Å². The van der Waals surface area contributed by atoms with E-state index in [-0.39, 0.29) is 17.9 Å². The molecule has 0 bridgehead atoms. The van der Waals surface area contributed by atoms with E-state index in [9.17, 15) is 4.79 Å². The summed E-state index contributed by atoms with van der Waals surface area (Å²) in [6.45, 7) is 4.68. The summed E-state index contributed by atoms with van der Waals surface area (Å²) < 4.78 is 0. The van der Waals surface area contributed by atoms with Gasteiger partial charge in [0.2, 0.25) is 5.91 Å². The molecule has 1 N–H and O–H groups in total. The van der Waals surface area contributed by atoms with Crippen molar-refractivity contribution >= 4 is 22.2 Å².